The van der Waals surface area contributed by atoms with Crippen molar-refractivity contribution in [3.63, 3.8) is 0 Å². The third-order valence-corrected chi connectivity index (χ3v) is 5.32. The molecule has 0 radical (unpaired) electrons. The molecule has 0 spiro atoms. The zero-order valence-electron chi connectivity index (χ0n) is 19.7. The van der Waals surface area contributed by atoms with Gasteiger partial charge >= 0.3 is 5.97 Å². The van der Waals surface area contributed by atoms with Crippen molar-refractivity contribution in [2.75, 3.05) is 12.3 Å². The van der Waals surface area contributed by atoms with E-state index in [4.69, 9.17) is 17.2 Å². The Morgan fingerprint density at radius 3 is 2.29 bits per heavy atom. The lowest BCUT2D eigenvalue weighted by Gasteiger charge is -2.26. The van der Waals surface area contributed by atoms with Gasteiger partial charge in [-0.05, 0) is 18.8 Å². The van der Waals surface area contributed by atoms with Crippen molar-refractivity contribution < 1.29 is 24.3 Å². The van der Waals surface area contributed by atoms with E-state index in [0.717, 1.165) is 0 Å². The topological polar surface area (TPSA) is 244 Å². The number of nitrogens with zero attached hydrogens (tertiary/aromatic N) is 2. The van der Waals surface area contributed by atoms with E-state index < -0.39 is 47.9 Å². The van der Waals surface area contributed by atoms with Crippen LogP contribution in [0.5, 0.6) is 0 Å². The summed E-state index contributed by atoms with van der Waals surface area (Å²) >= 11 is 4.10. The summed E-state index contributed by atoms with van der Waals surface area (Å²) in [5.74, 6) is -3.70. The van der Waals surface area contributed by atoms with Crippen LogP contribution in [0.1, 0.15) is 32.4 Å². The Morgan fingerprint density at radius 1 is 1.11 bits per heavy atom. The number of aliphatic carboxylic acids is 1. The molecule has 1 heterocycles. The number of thiol groups is 1. The molecule has 0 saturated heterocycles. The number of carboxylic acid groups (broad SMARTS) is 1. The van der Waals surface area contributed by atoms with Crippen LogP contribution in [0.3, 0.4) is 0 Å². The van der Waals surface area contributed by atoms with E-state index in [2.05, 4.69) is 43.5 Å². The normalized spacial score (nSPS) is 14.3. The number of guanidine groups is 1. The molecule has 0 aliphatic heterocycles. The number of hydrogen-bond donors (Lipinski definition) is 9. The molecule has 15 heteroatoms. The zero-order valence-corrected chi connectivity index (χ0v) is 20.6. The molecule has 4 unspecified atom stereocenters. The van der Waals surface area contributed by atoms with Crippen LogP contribution in [0.15, 0.2) is 17.5 Å². The van der Waals surface area contributed by atoms with Gasteiger partial charge in [0.2, 0.25) is 17.7 Å². The number of amides is 3. The molecule has 1 aromatic heterocycles. The molecule has 0 fully saturated rings. The van der Waals surface area contributed by atoms with Crippen molar-refractivity contribution in [1.29, 1.82) is 0 Å². The average Bonchev–Trinajstić information content (AvgIpc) is 3.29. The van der Waals surface area contributed by atoms with E-state index in [-0.39, 0.29) is 37.0 Å². The SMILES string of the molecule is CC(C)C(NC(=O)C(N)Cc1cnc[nH]1)C(=O)NC(CS)C(=O)NC(CCCN=C(N)N)C(=O)O. The third-order valence-electron chi connectivity index (χ3n) is 4.95. The molecule has 4 atom stereocenters. The summed E-state index contributed by atoms with van der Waals surface area (Å²) in [5, 5.41) is 16.9. The summed E-state index contributed by atoms with van der Waals surface area (Å²) in [6.45, 7) is 3.64. The lowest BCUT2D eigenvalue weighted by Crippen LogP contribution is -2.59. The predicted octanol–water partition coefficient (Wildman–Crippen LogP) is -2.54. The lowest BCUT2D eigenvalue weighted by atomic mass is 10.0. The number of carbonyl (C=O) groups is 4. The Kier molecular flexibility index (Phi) is 12.6. The van der Waals surface area contributed by atoms with Gasteiger partial charge in [0, 0.05) is 30.6 Å². The number of imidazole rings is 1. The van der Waals surface area contributed by atoms with Gasteiger partial charge in [-0.3, -0.25) is 19.4 Å². The first kappa shape index (κ1) is 29.7. The molecule has 3 amide bonds. The Labute approximate surface area is 208 Å². The van der Waals surface area contributed by atoms with E-state index in [1.165, 1.54) is 6.33 Å². The van der Waals surface area contributed by atoms with Gasteiger partial charge in [-0.15, -0.1) is 0 Å². The van der Waals surface area contributed by atoms with Gasteiger partial charge in [-0.1, -0.05) is 13.8 Å². The first-order valence-corrected chi connectivity index (χ1v) is 11.6. The van der Waals surface area contributed by atoms with Crippen molar-refractivity contribution in [2.24, 2.45) is 28.1 Å². The Morgan fingerprint density at radius 2 is 1.77 bits per heavy atom. The summed E-state index contributed by atoms with van der Waals surface area (Å²) < 4.78 is 0. The van der Waals surface area contributed by atoms with Gasteiger partial charge in [0.25, 0.3) is 0 Å². The van der Waals surface area contributed by atoms with Gasteiger partial charge in [0.05, 0.1) is 12.4 Å². The summed E-state index contributed by atoms with van der Waals surface area (Å²) in [6, 6.07) is -4.26. The van der Waals surface area contributed by atoms with Crippen molar-refractivity contribution >= 4 is 42.3 Å². The highest BCUT2D eigenvalue weighted by Crippen LogP contribution is 2.06. The number of aliphatic imine (C=N–C) groups is 1. The van der Waals surface area contributed by atoms with Gasteiger partial charge in [0.15, 0.2) is 5.96 Å². The van der Waals surface area contributed by atoms with E-state index >= 15 is 0 Å². The van der Waals surface area contributed by atoms with E-state index in [0.29, 0.717) is 12.1 Å². The first-order valence-electron chi connectivity index (χ1n) is 11.0. The van der Waals surface area contributed by atoms with Gasteiger partial charge in [0.1, 0.15) is 18.1 Å². The largest absolute Gasteiger partial charge is 0.480 e. The second-order valence-corrected chi connectivity index (χ2v) is 8.57. The Bertz CT molecular complexity index is 874. The smallest absolute Gasteiger partial charge is 0.326 e. The average molecular weight is 514 g/mol. The Hall–Kier alpha value is -3.33. The van der Waals surface area contributed by atoms with Crippen molar-refractivity contribution in [3.8, 4) is 0 Å². The van der Waals surface area contributed by atoms with Crippen LogP contribution < -0.4 is 33.2 Å². The van der Waals surface area contributed by atoms with Crippen molar-refractivity contribution in [1.82, 2.24) is 25.9 Å². The van der Waals surface area contributed by atoms with Gasteiger partial charge in [-0.25, -0.2) is 9.78 Å². The zero-order chi connectivity index (χ0) is 26.5. The summed E-state index contributed by atoms with van der Waals surface area (Å²) in [6.07, 6.45) is 3.59. The third kappa shape index (κ3) is 10.6. The standard InChI is InChI=1S/C20H35N9O5S/c1-10(2)15(29-16(30)12(21)6-11-7-24-9-26-11)18(32)28-14(8-35)17(31)27-13(19(33)34)4-3-5-25-20(22)23/h7,9-10,12-15,35H,3-6,8,21H2,1-2H3,(H,24,26)(H,27,31)(H,28,32)(H,29,30)(H,33,34)(H4,22,23,25). The number of aromatic nitrogens is 2. The predicted molar refractivity (Wildman–Crippen MR) is 132 cm³/mol. The number of carbonyl (C=O) groups excluding carboxylic acids is 3. The lowest BCUT2D eigenvalue weighted by molar-refractivity contribution is -0.142. The number of nitrogens with two attached hydrogens (primary N) is 3. The molecule has 14 nitrogen and oxygen atoms in total. The fourth-order valence-corrected chi connectivity index (χ4v) is 3.27. The molecule has 0 bridgehead atoms. The van der Waals surface area contributed by atoms with Crippen molar-refractivity contribution in [2.45, 2.75) is 57.3 Å². The van der Waals surface area contributed by atoms with E-state index in [9.17, 15) is 24.3 Å². The maximum absolute atomic E-state index is 12.9. The van der Waals surface area contributed by atoms with Crippen LogP contribution >= 0.6 is 12.6 Å². The molecule has 1 rings (SSSR count). The Balaban J connectivity index is 2.74. The number of rotatable bonds is 15. The summed E-state index contributed by atoms with van der Waals surface area (Å²) in [5.41, 5.74) is 17.1. The van der Waals surface area contributed by atoms with Gasteiger partial charge in [-0.2, -0.15) is 12.6 Å². The number of H-pyrrole nitrogens is 1. The van der Waals surface area contributed by atoms with E-state index in [1.54, 1.807) is 20.0 Å². The van der Waals surface area contributed by atoms with Crippen LogP contribution in [0.2, 0.25) is 0 Å². The minimum Gasteiger partial charge on any atom is -0.480 e. The molecule has 1 aromatic rings. The van der Waals surface area contributed by atoms with Crippen molar-refractivity contribution in [3.05, 3.63) is 18.2 Å². The highest BCUT2D eigenvalue weighted by Gasteiger charge is 2.31. The van der Waals surface area contributed by atoms with E-state index in [1.807, 2.05) is 0 Å². The van der Waals surface area contributed by atoms with Crippen LogP contribution in [0, 0.1) is 5.92 Å². The van der Waals surface area contributed by atoms with Crippen LogP contribution in [-0.2, 0) is 25.6 Å². The monoisotopic (exact) mass is 513 g/mol. The molecule has 0 aromatic carbocycles. The van der Waals surface area contributed by atoms with Crippen LogP contribution in [-0.4, -0.2) is 81.2 Å². The number of carboxylic acids is 1. The quantitative estimate of drug-likeness (QED) is 0.0518. The van der Waals surface area contributed by atoms with Gasteiger partial charge < -0.3 is 43.2 Å². The highest BCUT2D eigenvalue weighted by atomic mass is 32.1. The summed E-state index contributed by atoms with van der Waals surface area (Å²) in [7, 11) is 0. The molecular formula is C20H35N9O5S. The maximum atomic E-state index is 12.9. The molecule has 35 heavy (non-hydrogen) atoms. The fraction of sp³-hybridized carbons (Fsp3) is 0.600. The second-order valence-electron chi connectivity index (χ2n) is 8.21. The highest BCUT2D eigenvalue weighted by molar-refractivity contribution is 7.80. The summed E-state index contributed by atoms with van der Waals surface area (Å²) in [4.78, 5) is 60.1. The van der Waals surface area contributed by atoms with Crippen LogP contribution in [0.25, 0.3) is 0 Å². The molecule has 196 valence electrons. The number of nitrogens with one attached hydrogen (secondary N) is 4. The first-order chi connectivity index (χ1) is 16.5. The fourth-order valence-electron chi connectivity index (χ4n) is 3.01. The number of aromatic amines is 1. The minimum atomic E-state index is -1.24. The molecule has 0 saturated carbocycles. The maximum Gasteiger partial charge on any atom is 0.326 e. The molecule has 0 aliphatic carbocycles. The molecular weight excluding hydrogens is 478 g/mol. The second kappa shape index (κ2) is 14.8. The minimum absolute atomic E-state index is 0.0734. The molecule has 11 N–H and O–H groups in total. The number of hydrogen-bond acceptors (Lipinski definition) is 8. The van der Waals surface area contributed by atoms with Crippen LogP contribution in [0.4, 0.5) is 0 Å². The molecule has 0 aliphatic rings.